The lowest BCUT2D eigenvalue weighted by Gasteiger charge is -2.23. The Morgan fingerprint density at radius 3 is 1.52 bits per heavy atom. The van der Waals surface area contributed by atoms with E-state index in [0.717, 1.165) is 0 Å². The van der Waals surface area contributed by atoms with Crippen molar-refractivity contribution in [3.63, 3.8) is 0 Å². The van der Waals surface area contributed by atoms with E-state index in [0.29, 0.717) is 0 Å². The third-order valence-electron chi connectivity index (χ3n) is 3.08. The maximum atomic E-state index is 11.9. The molecule has 0 fully saturated rings. The van der Waals surface area contributed by atoms with Gasteiger partial charge in [-0.05, 0) is 0 Å². The Balaban J connectivity index is 0. The van der Waals surface area contributed by atoms with Gasteiger partial charge in [0, 0.05) is 23.8 Å². The zero-order valence-electron chi connectivity index (χ0n) is 15.9. The Labute approximate surface area is 140 Å². The van der Waals surface area contributed by atoms with Gasteiger partial charge in [0.1, 0.15) is 0 Å². The second kappa shape index (κ2) is 9.78. The summed E-state index contributed by atoms with van der Waals surface area (Å²) in [6.07, 6.45) is -0.105. The minimum atomic E-state index is -0.848. The molecule has 136 valence electrons. The summed E-state index contributed by atoms with van der Waals surface area (Å²) in [5, 5.41) is 2.56. The lowest BCUT2D eigenvalue weighted by molar-refractivity contribution is -0.131. The van der Waals surface area contributed by atoms with Crippen molar-refractivity contribution in [3.8, 4) is 0 Å². The van der Waals surface area contributed by atoms with E-state index in [-0.39, 0.29) is 30.4 Å². The molecular weight excluding hydrogens is 294 g/mol. The number of amides is 1. The number of nitrogens with one attached hydrogen (secondary N) is 1. The van der Waals surface area contributed by atoms with Crippen molar-refractivity contribution in [1.82, 2.24) is 5.32 Å². The van der Waals surface area contributed by atoms with Crippen LogP contribution in [0.1, 0.15) is 61.8 Å². The van der Waals surface area contributed by atoms with E-state index in [9.17, 15) is 14.4 Å². The van der Waals surface area contributed by atoms with E-state index in [1.165, 1.54) is 0 Å². The Morgan fingerprint density at radius 2 is 1.17 bits per heavy atom. The smallest absolute Gasteiger partial charge is 0.222 e. The highest BCUT2D eigenvalue weighted by Gasteiger charge is 2.30. The molecule has 0 rings (SSSR count). The minimum Gasteiger partial charge on any atom is -0.354 e. The van der Waals surface area contributed by atoms with E-state index >= 15 is 0 Å². The summed E-state index contributed by atoms with van der Waals surface area (Å²) in [6, 6.07) is -1.61. The predicted molar refractivity (Wildman–Crippen MR) is 93.8 cm³/mol. The summed E-state index contributed by atoms with van der Waals surface area (Å²) in [5.74, 6) is -0.678. The van der Waals surface area contributed by atoms with Crippen LogP contribution < -0.4 is 16.8 Å². The molecule has 2 unspecified atom stereocenters. The summed E-state index contributed by atoms with van der Waals surface area (Å²) >= 11 is 0. The third kappa shape index (κ3) is 9.46. The van der Waals surface area contributed by atoms with Crippen molar-refractivity contribution in [2.24, 2.45) is 22.3 Å². The molecule has 0 aromatic heterocycles. The summed E-state index contributed by atoms with van der Waals surface area (Å²) in [7, 11) is 0. The van der Waals surface area contributed by atoms with Crippen LogP contribution in [0.2, 0.25) is 0 Å². The molecule has 5 N–H and O–H groups in total. The van der Waals surface area contributed by atoms with Crippen LogP contribution in [-0.2, 0) is 14.4 Å². The van der Waals surface area contributed by atoms with Gasteiger partial charge in [-0.15, -0.1) is 0 Å². The highest BCUT2D eigenvalue weighted by Crippen LogP contribution is 2.17. The summed E-state index contributed by atoms with van der Waals surface area (Å²) in [5.41, 5.74) is 10.3. The lowest BCUT2D eigenvalue weighted by atomic mass is 9.85. The van der Waals surface area contributed by atoms with Crippen LogP contribution in [0.5, 0.6) is 0 Å². The van der Waals surface area contributed by atoms with Gasteiger partial charge in [0.15, 0.2) is 11.6 Å². The standard InChI is InChI=1S/C15H29N3O3.C2H6/c1-14(2,3)12(20)9(16)7-11(19)18-8-10(17)13(21)15(4,5)6;1-2/h9-10H,7-8,16-17H2,1-6H3,(H,18,19);1-2H3. The minimum absolute atomic E-state index is 0.0470. The Hall–Kier alpha value is -1.27. The summed E-state index contributed by atoms with van der Waals surface area (Å²) in [6.45, 7) is 14.6. The maximum absolute atomic E-state index is 11.9. The van der Waals surface area contributed by atoms with Gasteiger partial charge in [-0.3, -0.25) is 14.4 Å². The number of ketones is 2. The summed E-state index contributed by atoms with van der Waals surface area (Å²) < 4.78 is 0. The van der Waals surface area contributed by atoms with Crippen LogP contribution in [0, 0.1) is 10.8 Å². The second-order valence-electron chi connectivity index (χ2n) is 7.45. The van der Waals surface area contributed by atoms with Crippen molar-refractivity contribution in [1.29, 1.82) is 0 Å². The lowest BCUT2D eigenvalue weighted by Crippen LogP contribution is -2.48. The van der Waals surface area contributed by atoms with Crippen LogP contribution in [-0.4, -0.2) is 36.1 Å². The molecule has 0 heterocycles. The predicted octanol–water partition coefficient (Wildman–Crippen LogP) is 1.40. The van der Waals surface area contributed by atoms with Crippen molar-refractivity contribution >= 4 is 17.5 Å². The van der Waals surface area contributed by atoms with E-state index in [2.05, 4.69) is 5.32 Å². The fourth-order valence-electron chi connectivity index (χ4n) is 1.79. The molecule has 0 aromatic carbocycles. The van der Waals surface area contributed by atoms with E-state index in [4.69, 9.17) is 11.5 Å². The van der Waals surface area contributed by atoms with E-state index in [1.807, 2.05) is 13.8 Å². The molecule has 0 spiro atoms. The normalized spacial score (nSPS) is 14.2. The monoisotopic (exact) mass is 329 g/mol. The molecule has 0 aliphatic rings. The van der Waals surface area contributed by atoms with E-state index in [1.54, 1.807) is 41.5 Å². The average molecular weight is 329 g/mol. The van der Waals surface area contributed by atoms with Gasteiger partial charge in [0.2, 0.25) is 5.91 Å². The highest BCUT2D eigenvalue weighted by molar-refractivity contribution is 5.93. The van der Waals surface area contributed by atoms with Gasteiger partial charge in [-0.1, -0.05) is 55.4 Å². The topological polar surface area (TPSA) is 115 Å². The molecule has 0 saturated carbocycles. The van der Waals surface area contributed by atoms with Crippen LogP contribution in [0.15, 0.2) is 0 Å². The molecule has 0 radical (unpaired) electrons. The fraction of sp³-hybridized carbons (Fsp3) is 0.824. The van der Waals surface area contributed by atoms with Gasteiger partial charge >= 0.3 is 0 Å². The van der Waals surface area contributed by atoms with Crippen LogP contribution >= 0.6 is 0 Å². The quantitative estimate of drug-likeness (QED) is 0.681. The van der Waals surface area contributed by atoms with Crippen molar-refractivity contribution in [3.05, 3.63) is 0 Å². The molecular formula is C17H35N3O3. The Morgan fingerprint density at radius 1 is 0.826 bits per heavy atom. The van der Waals surface area contributed by atoms with Crippen molar-refractivity contribution < 1.29 is 14.4 Å². The number of nitrogens with two attached hydrogens (primary N) is 2. The zero-order chi connectivity index (χ0) is 19.0. The SMILES string of the molecule is CC.CC(C)(C)C(=O)C(N)CNC(=O)CC(N)C(=O)C(C)(C)C. The Kier molecular flexibility index (Phi) is 10.2. The highest BCUT2D eigenvalue weighted by atomic mass is 16.2. The third-order valence-corrected chi connectivity index (χ3v) is 3.08. The van der Waals surface area contributed by atoms with E-state index < -0.39 is 22.9 Å². The van der Waals surface area contributed by atoms with Gasteiger partial charge in [0.25, 0.3) is 0 Å². The van der Waals surface area contributed by atoms with Gasteiger partial charge < -0.3 is 16.8 Å². The number of rotatable bonds is 6. The average Bonchev–Trinajstić information content (AvgIpc) is 2.43. The molecule has 0 saturated heterocycles. The molecule has 1 amide bonds. The first-order valence-electron chi connectivity index (χ1n) is 8.13. The molecule has 6 heteroatoms. The fourth-order valence-corrected chi connectivity index (χ4v) is 1.79. The van der Waals surface area contributed by atoms with Crippen molar-refractivity contribution in [2.75, 3.05) is 6.54 Å². The van der Waals surface area contributed by atoms with Crippen molar-refractivity contribution in [2.45, 2.75) is 73.9 Å². The second-order valence-corrected chi connectivity index (χ2v) is 7.45. The molecule has 6 nitrogen and oxygen atoms in total. The van der Waals surface area contributed by atoms with Crippen LogP contribution in [0.3, 0.4) is 0 Å². The molecule has 0 aliphatic heterocycles. The van der Waals surface area contributed by atoms with Crippen LogP contribution in [0.25, 0.3) is 0 Å². The largest absolute Gasteiger partial charge is 0.354 e. The van der Waals surface area contributed by atoms with Gasteiger partial charge in [-0.25, -0.2) is 0 Å². The molecule has 23 heavy (non-hydrogen) atoms. The van der Waals surface area contributed by atoms with Crippen LogP contribution in [0.4, 0.5) is 0 Å². The number of Topliss-reactive ketones (excluding diaryl/α,β-unsaturated/α-hetero) is 2. The number of carbonyl (C=O) groups excluding carboxylic acids is 3. The summed E-state index contributed by atoms with van der Waals surface area (Å²) in [4.78, 5) is 35.5. The number of hydrogen-bond acceptors (Lipinski definition) is 5. The van der Waals surface area contributed by atoms with Gasteiger partial charge in [0.05, 0.1) is 12.1 Å². The maximum Gasteiger partial charge on any atom is 0.222 e. The number of hydrogen-bond donors (Lipinski definition) is 3. The molecule has 2 atom stereocenters. The van der Waals surface area contributed by atoms with Gasteiger partial charge in [-0.2, -0.15) is 0 Å². The molecule has 0 bridgehead atoms. The molecule has 0 aromatic rings. The first kappa shape index (κ1) is 24.0. The first-order valence-corrected chi connectivity index (χ1v) is 8.13. The zero-order valence-corrected chi connectivity index (χ0v) is 15.9. The number of carbonyl (C=O) groups is 3. The Bertz CT molecular complexity index is 406. The first-order chi connectivity index (χ1) is 10.3. The molecule has 0 aliphatic carbocycles.